The normalized spacial score (nSPS) is 14.3. The number of ether oxygens (including phenoxy) is 2. The van der Waals surface area contributed by atoms with E-state index in [1.165, 1.54) is 6.04 Å². The Labute approximate surface area is 285 Å². The second-order valence-electron chi connectivity index (χ2n) is 15.2. The molecule has 0 spiro atoms. The first-order valence-electron chi connectivity index (χ1n) is 17.2. The van der Waals surface area contributed by atoms with Crippen LogP contribution in [0.2, 0.25) is 25.7 Å². The monoisotopic (exact) mass is 678 g/mol. The van der Waals surface area contributed by atoms with Gasteiger partial charge in [0.2, 0.25) is 0 Å². The Morgan fingerprint density at radius 1 is 0.553 bits per heavy atom. The van der Waals surface area contributed by atoms with E-state index in [1.54, 1.807) is 55.4 Å². The molecule has 9 heteroatoms. The number of unbranched alkanes of at least 4 members (excludes halogenated alkanes) is 1. The number of phenols is 4. The van der Waals surface area contributed by atoms with E-state index >= 15 is 0 Å². The van der Waals surface area contributed by atoms with E-state index in [0.29, 0.717) is 83.4 Å². The molecular weight excluding hydrogens is 612 g/mol. The van der Waals surface area contributed by atoms with Gasteiger partial charge in [0.25, 0.3) is 0 Å². The van der Waals surface area contributed by atoms with Crippen molar-refractivity contribution in [3.8, 4) is 23.0 Å². The third-order valence-electron chi connectivity index (χ3n) is 9.24. The van der Waals surface area contributed by atoms with Crippen LogP contribution in [-0.2, 0) is 22.3 Å². The Morgan fingerprint density at radius 2 is 0.894 bits per heavy atom. The Bertz CT molecular complexity index is 1240. The smallest absolute Gasteiger partial charge is 0.122 e. The Morgan fingerprint density at radius 3 is 1.23 bits per heavy atom. The molecule has 0 radical (unpaired) electrons. The number of rotatable bonds is 17. The predicted octanol–water partition coefficient (Wildman–Crippen LogP) is 7.97. The zero-order chi connectivity index (χ0) is 36.3. The summed E-state index contributed by atoms with van der Waals surface area (Å²) in [5, 5.41) is 61.9. The van der Waals surface area contributed by atoms with Crippen molar-refractivity contribution in [1.82, 2.24) is 0 Å². The van der Waals surface area contributed by atoms with Crippen molar-refractivity contribution >= 4 is 8.07 Å². The van der Waals surface area contributed by atoms with E-state index in [-0.39, 0.29) is 36.2 Å². The molecule has 8 nitrogen and oxygen atoms in total. The highest BCUT2D eigenvalue weighted by molar-refractivity contribution is 6.76. The maximum absolute atomic E-state index is 10.5. The lowest BCUT2D eigenvalue weighted by Crippen LogP contribution is -2.32. The van der Waals surface area contributed by atoms with E-state index in [1.807, 2.05) is 0 Å². The number of hydrogen-bond donors (Lipinski definition) is 6. The van der Waals surface area contributed by atoms with Gasteiger partial charge in [-0.3, -0.25) is 0 Å². The van der Waals surface area contributed by atoms with E-state index in [0.717, 1.165) is 19.3 Å². The summed E-state index contributed by atoms with van der Waals surface area (Å²) in [4.78, 5) is 0. The number of hydrogen-bond acceptors (Lipinski definition) is 8. The molecule has 0 fully saturated rings. The number of phenolic OH excluding ortho intramolecular Hbond substituents is 4. The third kappa shape index (κ3) is 13.6. The fraction of sp³-hybridized carbons (Fsp3) is 0.684. The van der Waals surface area contributed by atoms with E-state index in [2.05, 4.69) is 26.6 Å². The lowest BCUT2D eigenvalue weighted by atomic mass is 9.91. The predicted molar refractivity (Wildman–Crippen MR) is 195 cm³/mol. The van der Waals surface area contributed by atoms with Crippen LogP contribution >= 0.6 is 0 Å². The first-order valence-corrected chi connectivity index (χ1v) is 20.9. The molecule has 2 rings (SSSR count). The van der Waals surface area contributed by atoms with Crippen molar-refractivity contribution in [3.63, 3.8) is 0 Å². The van der Waals surface area contributed by atoms with Crippen molar-refractivity contribution in [2.24, 2.45) is 0 Å². The van der Waals surface area contributed by atoms with Crippen molar-refractivity contribution in [3.05, 3.63) is 44.5 Å². The highest BCUT2D eigenvalue weighted by atomic mass is 28.3. The van der Waals surface area contributed by atoms with Gasteiger partial charge in [-0.15, -0.1) is 0 Å². The average Bonchev–Trinajstić information content (AvgIpc) is 2.98. The van der Waals surface area contributed by atoms with Crippen LogP contribution in [-0.4, -0.2) is 76.3 Å². The summed E-state index contributed by atoms with van der Waals surface area (Å²) in [6.45, 7) is 25.3. The SMILES string of the molecule is CCCCOC[C@@](C)(O)CCc1c(C)c(O)c(C)c(C)c1O.Cc1c(C)c(O)c(CC[C@@](C)(O)COCCC[Si](C)(C)C)c(C)c1O. The molecule has 270 valence electrons. The molecule has 0 heterocycles. The van der Waals surface area contributed by atoms with E-state index in [4.69, 9.17) is 9.47 Å². The zero-order valence-electron chi connectivity index (χ0n) is 31.5. The van der Waals surface area contributed by atoms with Crippen LogP contribution in [0.3, 0.4) is 0 Å². The molecule has 6 N–H and O–H groups in total. The maximum atomic E-state index is 10.5. The minimum atomic E-state index is -1.03. The summed E-state index contributed by atoms with van der Waals surface area (Å²) >= 11 is 0. The summed E-state index contributed by atoms with van der Waals surface area (Å²) in [5.74, 6) is 0.895. The standard InChI is InChI=1S/C20H36O4Si.C18H30O4/c1-14-15(2)19(22)17(16(3)18(14)21)9-10-20(4,23)13-24-11-8-12-25(5,6)7;1-6-7-10-22-11-18(5,21)9-8-15-14(4)16(19)12(2)13(3)17(15)20/h21-23H,8-13H2,1-7H3;19-21H,6-11H2,1-5H3/t20-;18-/m10/s1. The topological polar surface area (TPSA) is 140 Å². The summed E-state index contributed by atoms with van der Waals surface area (Å²) in [5.41, 5.74) is 3.68. The summed E-state index contributed by atoms with van der Waals surface area (Å²) in [6, 6.07) is 1.23. The van der Waals surface area contributed by atoms with Crippen molar-refractivity contribution in [1.29, 1.82) is 0 Å². The largest absolute Gasteiger partial charge is 0.507 e. The van der Waals surface area contributed by atoms with Gasteiger partial charge in [-0.1, -0.05) is 39.0 Å². The molecule has 2 aromatic rings. The Balaban J connectivity index is 0.000000474. The van der Waals surface area contributed by atoms with Gasteiger partial charge < -0.3 is 40.1 Å². The number of aromatic hydroxyl groups is 4. The van der Waals surface area contributed by atoms with Crippen LogP contribution < -0.4 is 0 Å². The molecule has 47 heavy (non-hydrogen) atoms. The Kier molecular flexibility index (Phi) is 16.8. The molecule has 0 aliphatic rings. The van der Waals surface area contributed by atoms with Crippen LogP contribution in [0, 0.1) is 41.5 Å². The third-order valence-corrected chi connectivity index (χ3v) is 11.1. The first-order chi connectivity index (χ1) is 21.6. The lowest BCUT2D eigenvalue weighted by molar-refractivity contribution is -0.0391. The van der Waals surface area contributed by atoms with Crippen LogP contribution in [0.25, 0.3) is 0 Å². The molecule has 0 aliphatic heterocycles. The second kappa shape index (κ2) is 18.5. The van der Waals surface area contributed by atoms with Gasteiger partial charge in [-0.05, 0) is 127 Å². The minimum absolute atomic E-state index is 0.218. The zero-order valence-corrected chi connectivity index (χ0v) is 32.5. The highest BCUT2D eigenvalue weighted by Crippen LogP contribution is 2.38. The quantitative estimate of drug-likeness (QED) is 0.0563. The minimum Gasteiger partial charge on any atom is -0.507 e. The van der Waals surface area contributed by atoms with Gasteiger partial charge in [-0.25, -0.2) is 0 Å². The van der Waals surface area contributed by atoms with E-state index in [9.17, 15) is 30.6 Å². The molecule has 0 saturated heterocycles. The molecule has 0 saturated carbocycles. The van der Waals surface area contributed by atoms with Gasteiger partial charge in [0, 0.05) is 32.4 Å². The highest BCUT2D eigenvalue weighted by Gasteiger charge is 2.25. The van der Waals surface area contributed by atoms with Crippen molar-refractivity contribution in [2.75, 3.05) is 26.4 Å². The van der Waals surface area contributed by atoms with Crippen LogP contribution in [0.15, 0.2) is 0 Å². The van der Waals surface area contributed by atoms with Gasteiger partial charge in [-0.2, -0.15) is 0 Å². The number of benzene rings is 2. The van der Waals surface area contributed by atoms with E-state index < -0.39 is 19.3 Å². The van der Waals surface area contributed by atoms with Gasteiger partial charge in [0.15, 0.2) is 0 Å². The van der Waals surface area contributed by atoms with Crippen LogP contribution in [0.5, 0.6) is 23.0 Å². The average molecular weight is 679 g/mol. The van der Waals surface area contributed by atoms with Crippen LogP contribution in [0.4, 0.5) is 0 Å². The van der Waals surface area contributed by atoms with Crippen LogP contribution in [0.1, 0.15) is 97.4 Å². The molecule has 0 bridgehead atoms. The molecule has 0 amide bonds. The molecular formula is C38H66O8Si. The first kappa shape index (κ1) is 42.7. The molecule has 2 aromatic carbocycles. The van der Waals surface area contributed by atoms with Crippen molar-refractivity contribution < 1.29 is 40.1 Å². The van der Waals surface area contributed by atoms with Crippen molar-refractivity contribution in [2.45, 2.75) is 144 Å². The second-order valence-corrected chi connectivity index (χ2v) is 20.8. The summed E-state index contributed by atoms with van der Waals surface area (Å²) in [7, 11) is -1.03. The van der Waals surface area contributed by atoms with Gasteiger partial charge >= 0.3 is 0 Å². The Hall–Kier alpha value is -2.30. The molecule has 0 aliphatic carbocycles. The fourth-order valence-electron chi connectivity index (χ4n) is 5.45. The number of aliphatic hydroxyl groups is 2. The lowest BCUT2D eigenvalue weighted by Gasteiger charge is -2.25. The molecule has 0 aromatic heterocycles. The van der Waals surface area contributed by atoms with Gasteiger partial charge in [0.1, 0.15) is 23.0 Å². The fourth-order valence-corrected chi connectivity index (χ4v) is 6.65. The molecule has 2 atom stereocenters. The summed E-state index contributed by atoms with van der Waals surface area (Å²) < 4.78 is 11.2. The molecule has 0 unspecified atom stereocenters. The summed E-state index contributed by atoms with van der Waals surface area (Å²) in [6.07, 6.45) is 5.02. The maximum Gasteiger partial charge on any atom is 0.122 e. The van der Waals surface area contributed by atoms with Gasteiger partial charge in [0.05, 0.1) is 24.4 Å².